The van der Waals surface area contributed by atoms with Gasteiger partial charge in [0.05, 0.1) is 30.6 Å². The summed E-state index contributed by atoms with van der Waals surface area (Å²) in [5.41, 5.74) is 3.78. The summed E-state index contributed by atoms with van der Waals surface area (Å²) < 4.78 is 11.5. The van der Waals surface area contributed by atoms with E-state index in [9.17, 15) is 14.4 Å². The van der Waals surface area contributed by atoms with Gasteiger partial charge >= 0.3 is 11.9 Å². The molecule has 0 saturated carbocycles. The number of amides is 1. The van der Waals surface area contributed by atoms with E-state index in [1.807, 2.05) is 42.8 Å². The summed E-state index contributed by atoms with van der Waals surface area (Å²) in [7, 11) is 1.25. The van der Waals surface area contributed by atoms with Gasteiger partial charge in [0, 0.05) is 22.4 Å². The SMILES string of the molecule is COC(=O)c1ccccc1NC(=O)COC(=O)C=Cc1c(C)nn(Cc2ccccc2Cl)c1C. The van der Waals surface area contributed by atoms with Crippen molar-refractivity contribution in [1.82, 2.24) is 9.78 Å². The van der Waals surface area contributed by atoms with Crippen LogP contribution in [0.5, 0.6) is 0 Å². The molecular formula is C25H24ClN3O5. The molecule has 0 radical (unpaired) electrons. The maximum Gasteiger partial charge on any atom is 0.339 e. The molecule has 1 heterocycles. The van der Waals surface area contributed by atoms with Gasteiger partial charge in [0.15, 0.2) is 6.61 Å². The Kier molecular flexibility index (Phi) is 8.21. The number of methoxy groups -OCH3 is 1. The predicted molar refractivity (Wildman–Crippen MR) is 129 cm³/mol. The van der Waals surface area contributed by atoms with Crippen LogP contribution in [-0.4, -0.2) is 41.3 Å². The fourth-order valence-electron chi connectivity index (χ4n) is 3.30. The number of nitrogens with zero attached hydrogens (tertiary/aromatic N) is 2. The minimum atomic E-state index is -0.686. The summed E-state index contributed by atoms with van der Waals surface area (Å²) in [6.07, 6.45) is 2.85. The number of esters is 2. The van der Waals surface area contributed by atoms with E-state index in [-0.39, 0.29) is 11.3 Å². The molecule has 3 rings (SSSR count). The highest BCUT2D eigenvalue weighted by atomic mass is 35.5. The van der Waals surface area contributed by atoms with E-state index in [0.717, 1.165) is 22.5 Å². The van der Waals surface area contributed by atoms with Crippen LogP contribution in [0.1, 0.15) is 32.9 Å². The van der Waals surface area contributed by atoms with E-state index in [1.54, 1.807) is 24.3 Å². The van der Waals surface area contributed by atoms with Crippen molar-refractivity contribution in [3.05, 3.63) is 87.7 Å². The first-order valence-electron chi connectivity index (χ1n) is 10.4. The second-order valence-corrected chi connectivity index (χ2v) is 7.77. The summed E-state index contributed by atoms with van der Waals surface area (Å²) in [4.78, 5) is 36.1. The molecule has 2 aromatic carbocycles. The number of rotatable bonds is 8. The Morgan fingerprint density at radius 1 is 1.09 bits per heavy atom. The minimum absolute atomic E-state index is 0.198. The average molecular weight is 482 g/mol. The summed E-state index contributed by atoms with van der Waals surface area (Å²) >= 11 is 6.25. The van der Waals surface area contributed by atoms with Crippen LogP contribution in [0.25, 0.3) is 6.08 Å². The van der Waals surface area contributed by atoms with Gasteiger partial charge in [-0.1, -0.05) is 41.9 Å². The summed E-state index contributed by atoms with van der Waals surface area (Å²) in [6.45, 7) is 3.72. The van der Waals surface area contributed by atoms with Gasteiger partial charge in [0.2, 0.25) is 0 Å². The van der Waals surface area contributed by atoms with Crippen LogP contribution in [0.15, 0.2) is 54.6 Å². The first-order chi connectivity index (χ1) is 16.3. The molecule has 3 aromatic rings. The number of hydrogen-bond acceptors (Lipinski definition) is 6. The van der Waals surface area contributed by atoms with Gasteiger partial charge in [0.25, 0.3) is 5.91 Å². The zero-order valence-corrected chi connectivity index (χ0v) is 19.8. The number of para-hydroxylation sites is 1. The van der Waals surface area contributed by atoms with Gasteiger partial charge in [-0.05, 0) is 43.7 Å². The van der Waals surface area contributed by atoms with Crippen molar-refractivity contribution in [2.75, 3.05) is 19.0 Å². The van der Waals surface area contributed by atoms with E-state index in [1.165, 1.54) is 19.3 Å². The number of halogens is 1. The number of benzene rings is 2. The quantitative estimate of drug-likeness (QED) is 0.382. The first kappa shape index (κ1) is 24.7. The third-order valence-electron chi connectivity index (χ3n) is 5.05. The average Bonchev–Trinajstić information content (AvgIpc) is 3.09. The Morgan fingerprint density at radius 2 is 1.79 bits per heavy atom. The smallest absolute Gasteiger partial charge is 0.339 e. The number of aryl methyl sites for hydroxylation is 1. The Bertz CT molecular complexity index is 1250. The fourth-order valence-corrected chi connectivity index (χ4v) is 3.49. The van der Waals surface area contributed by atoms with Gasteiger partial charge in [-0.2, -0.15) is 5.10 Å². The van der Waals surface area contributed by atoms with Crippen LogP contribution >= 0.6 is 11.6 Å². The maximum atomic E-state index is 12.2. The van der Waals surface area contributed by atoms with Gasteiger partial charge in [-0.15, -0.1) is 0 Å². The number of carbonyl (C=O) groups excluding carboxylic acids is 3. The molecule has 0 aliphatic carbocycles. The van der Waals surface area contributed by atoms with Crippen molar-refractivity contribution < 1.29 is 23.9 Å². The molecule has 34 heavy (non-hydrogen) atoms. The van der Waals surface area contributed by atoms with Crippen LogP contribution in [-0.2, 0) is 25.6 Å². The molecule has 0 atom stereocenters. The van der Waals surface area contributed by atoms with Crippen molar-refractivity contribution in [3.8, 4) is 0 Å². The highest BCUT2D eigenvalue weighted by Crippen LogP contribution is 2.20. The third kappa shape index (κ3) is 6.11. The lowest BCUT2D eigenvalue weighted by molar-refractivity contribution is -0.142. The zero-order valence-electron chi connectivity index (χ0n) is 19.0. The van der Waals surface area contributed by atoms with Gasteiger partial charge in [-0.3, -0.25) is 9.48 Å². The number of nitrogens with one attached hydrogen (secondary N) is 1. The Hall–Kier alpha value is -3.91. The number of hydrogen-bond donors (Lipinski definition) is 1. The third-order valence-corrected chi connectivity index (χ3v) is 5.42. The van der Waals surface area contributed by atoms with E-state index >= 15 is 0 Å². The number of ether oxygens (including phenoxy) is 2. The zero-order chi connectivity index (χ0) is 24.7. The van der Waals surface area contributed by atoms with Crippen LogP contribution < -0.4 is 5.32 Å². The van der Waals surface area contributed by atoms with Crippen LogP contribution in [0.4, 0.5) is 5.69 Å². The Morgan fingerprint density at radius 3 is 2.53 bits per heavy atom. The monoisotopic (exact) mass is 481 g/mol. The first-order valence-corrected chi connectivity index (χ1v) is 10.8. The van der Waals surface area contributed by atoms with E-state index in [2.05, 4.69) is 10.4 Å². The Balaban J connectivity index is 1.59. The molecule has 0 aliphatic heterocycles. The van der Waals surface area contributed by atoms with Crippen LogP contribution in [0.3, 0.4) is 0 Å². The number of anilines is 1. The lowest BCUT2D eigenvalue weighted by Gasteiger charge is -2.09. The molecule has 9 heteroatoms. The second kappa shape index (κ2) is 11.3. The van der Waals surface area contributed by atoms with Crippen molar-refractivity contribution in [2.45, 2.75) is 20.4 Å². The van der Waals surface area contributed by atoms with Gasteiger partial charge in [-0.25, -0.2) is 9.59 Å². The summed E-state index contributed by atoms with van der Waals surface area (Å²) in [6, 6.07) is 13.9. The second-order valence-electron chi connectivity index (χ2n) is 7.36. The molecule has 0 saturated heterocycles. The van der Waals surface area contributed by atoms with Gasteiger partial charge in [0.1, 0.15) is 0 Å². The summed E-state index contributed by atoms with van der Waals surface area (Å²) in [5.74, 6) is -1.86. The van der Waals surface area contributed by atoms with Crippen molar-refractivity contribution in [3.63, 3.8) is 0 Å². The predicted octanol–water partition coefficient (Wildman–Crippen LogP) is 4.18. The highest BCUT2D eigenvalue weighted by molar-refractivity contribution is 6.31. The molecule has 1 aromatic heterocycles. The van der Waals surface area contributed by atoms with E-state index < -0.39 is 24.5 Å². The fraction of sp³-hybridized carbons (Fsp3) is 0.200. The summed E-state index contributed by atoms with van der Waals surface area (Å²) in [5, 5.41) is 7.72. The molecule has 0 bridgehead atoms. The number of carbonyl (C=O) groups is 3. The largest absolute Gasteiger partial charge is 0.465 e. The molecule has 8 nitrogen and oxygen atoms in total. The van der Waals surface area contributed by atoms with Crippen molar-refractivity contribution >= 4 is 41.2 Å². The molecular weight excluding hydrogens is 458 g/mol. The highest BCUT2D eigenvalue weighted by Gasteiger charge is 2.15. The van der Waals surface area contributed by atoms with Crippen LogP contribution in [0.2, 0.25) is 5.02 Å². The molecule has 0 fully saturated rings. The Labute approximate surface area is 202 Å². The maximum absolute atomic E-state index is 12.2. The lowest BCUT2D eigenvalue weighted by Crippen LogP contribution is -2.21. The van der Waals surface area contributed by atoms with Crippen molar-refractivity contribution in [2.24, 2.45) is 0 Å². The van der Waals surface area contributed by atoms with E-state index in [0.29, 0.717) is 11.6 Å². The van der Waals surface area contributed by atoms with Crippen molar-refractivity contribution in [1.29, 1.82) is 0 Å². The minimum Gasteiger partial charge on any atom is -0.465 e. The van der Waals surface area contributed by atoms with E-state index in [4.69, 9.17) is 21.1 Å². The van der Waals surface area contributed by atoms with Crippen LogP contribution in [0, 0.1) is 13.8 Å². The molecule has 176 valence electrons. The lowest BCUT2D eigenvalue weighted by atomic mass is 10.1. The topological polar surface area (TPSA) is 99.5 Å². The molecule has 1 amide bonds. The van der Waals surface area contributed by atoms with Gasteiger partial charge < -0.3 is 14.8 Å². The normalized spacial score (nSPS) is 10.8. The molecule has 0 unspecified atom stereocenters. The number of aromatic nitrogens is 2. The standard InChI is InChI=1S/C25H24ClN3O5/c1-16-19(17(2)29(28-16)14-18-8-4-6-10-21(18)26)12-13-24(31)34-15-23(30)27-22-11-7-5-9-20(22)25(32)33-3/h4-13H,14-15H2,1-3H3,(H,27,30). The molecule has 1 N–H and O–H groups in total. The molecule has 0 aliphatic rings. The molecule has 0 spiro atoms.